The summed E-state index contributed by atoms with van der Waals surface area (Å²) in [7, 11) is -4.68. The lowest BCUT2D eigenvalue weighted by atomic mass is 10.1. The number of nitrogens with two attached hydrogens (primary N) is 1. The van der Waals surface area contributed by atoms with Crippen LogP contribution in [0.2, 0.25) is 0 Å². The van der Waals surface area contributed by atoms with E-state index < -0.39 is 51.1 Å². The monoisotopic (exact) mass is 595 g/mol. The van der Waals surface area contributed by atoms with Crippen LogP contribution in [0.5, 0.6) is 0 Å². The zero-order valence-electron chi connectivity index (χ0n) is 24.7. The SMILES string of the molecule is CCCCCCCCCCCC(=O)OC[C@H](COP(=O)(O)OC[C@H](N)C(=O)O)OC(=O)CCCCCCCCC. The summed E-state index contributed by atoms with van der Waals surface area (Å²) >= 11 is 0. The number of carbonyl (C=O) groups excluding carboxylic acids is 2. The van der Waals surface area contributed by atoms with E-state index in [1.807, 2.05) is 0 Å². The first-order valence-corrected chi connectivity index (χ1v) is 16.6. The van der Waals surface area contributed by atoms with Crippen LogP contribution in [0, 0.1) is 0 Å². The van der Waals surface area contributed by atoms with Crippen LogP contribution in [0.15, 0.2) is 0 Å². The molecule has 0 heterocycles. The van der Waals surface area contributed by atoms with Crippen molar-refractivity contribution in [3.05, 3.63) is 0 Å². The molecule has 0 rings (SSSR count). The Hall–Kier alpha value is -1.52. The number of carboxylic acid groups (broad SMARTS) is 1. The number of carbonyl (C=O) groups is 3. The van der Waals surface area contributed by atoms with E-state index in [9.17, 15) is 23.8 Å². The number of rotatable bonds is 28. The molecule has 0 amide bonds. The van der Waals surface area contributed by atoms with Gasteiger partial charge >= 0.3 is 25.7 Å². The summed E-state index contributed by atoms with van der Waals surface area (Å²) in [5.41, 5.74) is 5.27. The van der Waals surface area contributed by atoms with E-state index >= 15 is 0 Å². The minimum absolute atomic E-state index is 0.164. The summed E-state index contributed by atoms with van der Waals surface area (Å²) in [4.78, 5) is 45.1. The Bertz CT molecular complexity index is 721. The van der Waals surface area contributed by atoms with Gasteiger partial charge in [0.05, 0.1) is 13.2 Å². The van der Waals surface area contributed by atoms with Crippen molar-refractivity contribution in [2.75, 3.05) is 19.8 Å². The Balaban J connectivity index is 4.55. The molecule has 1 unspecified atom stereocenters. The lowest BCUT2D eigenvalue weighted by Gasteiger charge is -2.20. The Morgan fingerprint density at radius 2 is 1.10 bits per heavy atom. The fourth-order valence-corrected chi connectivity index (χ4v) is 4.66. The standard InChI is InChI=1S/C28H54NO10P/c1-3-5-7-9-11-12-14-15-17-19-26(30)36-21-24(22-37-40(34,35)38-23-25(29)28(32)33)39-27(31)20-18-16-13-10-8-6-4-2/h24-25H,3-23,29H2,1-2H3,(H,32,33)(H,34,35)/t24-,25+/m1/s1. The molecule has 0 bridgehead atoms. The number of ether oxygens (including phenoxy) is 2. The van der Waals surface area contributed by atoms with Crippen LogP contribution in [0.25, 0.3) is 0 Å². The first-order chi connectivity index (χ1) is 19.1. The predicted octanol–water partition coefficient (Wildman–Crippen LogP) is 6.05. The maximum atomic E-state index is 12.3. The molecule has 40 heavy (non-hydrogen) atoms. The highest BCUT2D eigenvalue weighted by atomic mass is 31.2. The van der Waals surface area contributed by atoms with E-state index in [1.165, 1.54) is 44.9 Å². The van der Waals surface area contributed by atoms with Gasteiger partial charge in [0.1, 0.15) is 12.6 Å². The minimum Gasteiger partial charge on any atom is -0.480 e. The van der Waals surface area contributed by atoms with E-state index in [4.69, 9.17) is 24.8 Å². The maximum Gasteiger partial charge on any atom is 0.472 e. The van der Waals surface area contributed by atoms with Gasteiger partial charge < -0.3 is 25.2 Å². The highest BCUT2D eigenvalue weighted by molar-refractivity contribution is 7.47. The summed E-state index contributed by atoms with van der Waals surface area (Å²) in [6, 6.07) is -1.51. The van der Waals surface area contributed by atoms with Crippen LogP contribution in [0.1, 0.15) is 129 Å². The summed E-state index contributed by atoms with van der Waals surface area (Å²) in [6.45, 7) is 2.67. The fourth-order valence-electron chi connectivity index (χ4n) is 3.89. The zero-order valence-corrected chi connectivity index (χ0v) is 25.6. The first kappa shape index (κ1) is 38.5. The van der Waals surface area contributed by atoms with Crippen LogP contribution < -0.4 is 5.73 Å². The molecule has 0 aliphatic rings. The quantitative estimate of drug-likeness (QED) is 0.0546. The largest absolute Gasteiger partial charge is 0.480 e. The van der Waals surface area contributed by atoms with Gasteiger partial charge in [-0.15, -0.1) is 0 Å². The number of carboxylic acids is 1. The van der Waals surface area contributed by atoms with Crippen molar-refractivity contribution in [2.24, 2.45) is 5.73 Å². The van der Waals surface area contributed by atoms with Crippen LogP contribution in [-0.2, 0) is 37.5 Å². The van der Waals surface area contributed by atoms with Gasteiger partial charge in [0.25, 0.3) is 0 Å². The summed E-state index contributed by atoms with van der Waals surface area (Å²) in [5.74, 6) is -2.39. The second-order valence-electron chi connectivity index (χ2n) is 10.2. The van der Waals surface area contributed by atoms with Crippen LogP contribution in [0.3, 0.4) is 0 Å². The molecule has 0 aromatic heterocycles. The maximum absolute atomic E-state index is 12.3. The number of hydrogen-bond acceptors (Lipinski definition) is 9. The summed E-state index contributed by atoms with van der Waals surface area (Å²) < 4.78 is 32.2. The highest BCUT2D eigenvalue weighted by Gasteiger charge is 2.28. The molecule has 0 aromatic carbocycles. The number of phosphoric acid groups is 1. The number of aliphatic carboxylic acids is 1. The van der Waals surface area contributed by atoms with Gasteiger partial charge in [0.2, 0.25) is 0 Å². The molecule has 236 valence electrons. The van der Waals surface area contributed by atoms with Gasteiger partial charge in [0.15, 0.2) is 6.10 Å². The fraction of sp³-hybridized carbons (Fsp3) is 0.893. The molecule has 11 nitrogen and oxygen atoms in total. The second kappa shape index (κ2) is 25.2. The van der Waals surface area contributed by atoms with E-state index in [1.54, 1.807) is 0 Å². The minimum atomic E-state index is -4.68. The Morgan fingerprint density at radius 3 is 1.57 bits per heavy atom. The molecule has 0 aliphatic carbocycles. The zero-order chi connectivity index (χ0) is 30.1. The number of hydrogen-bond donors (Lipinski definition) is 3. The highest BCUT2D eigenvalue weighted by Crippen LogP contribution is 2.43. The molecular weight excluding hydrogens is 541 g/mol. The lowest BCUT2D eigenvalue weighted by Crippen LogP contribution is -2.34. The van der Waals surface area contributed by atoms with E-state index in [2.05, 4.69) is 18.4 Å². The van der Waals surface area contributed by atoms with E-state index in [0.717, 1.165) is 44.9 Å². The Labute approximate surface area is 240 Å². The molecule has 3 atom stereocenters. The van der Waals surface area contributed by atoms with E-state index in [-0.39, 0.29) is 19.4 Å². The molecule has 12 heteroatoms. The molecule has 0 radical (unpaired) electrons. The summed E-state index contributed by atoms with van der Waals surface area (Å²) in [5, 5.41) is 8.78. The van der Waals surface area contributed by atoms with Crippen LogP contribution in [-0.4, -0.2) is 59.9 Å². The third kappa shape index (κ3) is 24.3. The molecule has 0 spiro atoms. The van der Waals surface area contributed by atoms with Gasteiger partial charge in [-0.2, -0.15) is 0 Å². The van der Waals surface area contributed by atoms with E-state index in [0.29, 0.717) is 12.8 Å². The molecule has 0 saturated heterocycles. The number of phosphoric ester groups is 1. The molecule has 0 aromatic rings. The van der Waals surface area contributed by atoms with Gasteiger partial charge in [-0.1, -0.05) is 104 Å². The third-order valence-electron chi connectivity index (χ3n) is 6.36. The molecule has 4 N–H and O–H groups in total. The van der Waals surface area contributed by atoms with Gasteiger partial charge in [-0.05, 0) is 12.8 Å². The molecule has 0 saturated carbocycles. The van der Waals surface area contributed by atoms with Gasteiger partial charge in [-0.25, -0.2) is 4.57 Å². The number of unbranched alkanes of at least 4 members (excludes halogenated alkanes) is 14. The average Bonchev–Trinajstić information content (AvgIpc) is 2.91. The van der Waals surface area contributed by atoms with Crippen LogP contribution >= 0.6 is 7.82 Å². The van der Waals surface area contributed by atoms with Gasteiger partial charge in [-0.3, -0.25) is 23.4 Å². The molecule has 0 fully saturated rings. The van der Waals surface area contributed by atoms with Gasteiger partial charge in [0, 0.05) is 12.8 Å². The topological polar surface area (TPSA) is 172 Å². The number of esters is 2. The van der Waals surface area contributed by atoms with Crippen molar-refractivity contribution in [3.8, 4) is 0 Å². The van der Waals surface area contributed by atoms with Crippen molar-refractivity contribution in [2.45, 2.75) is 142 Å². The smallest absolute Gasteiger partial charge is 0.472 e. The second-order valence-corrected chi connectivity index (χ2v) is 11.7. The van der Waals surface area contributed by atoms with Crippen molar-refractivity contribution in [3.63, 3.8) is 0 Å². The normalized spacial score (nSPS) is 14.3. The van der Waals surface area contributed by atoms with Crippen molar-refractivity contribution >= 4 is 25.7 Å². The third-order valence-corrected chi connectivity index (χ3v) is 7.31. The average molecular weight is 596 g/mol. The van der Waals surface area contributed by atoms with Crippen molar-refractivity contribution in [1.82, 2.24) is 0 Å². The van der Waals surface area contributed by atoms with Crippen molar-refractivity contribution < 1.29 is 47.5 Å². The Morgan fingerprint density at radius 1 is 0.675 bits per heavy atom. The van der Waals surface area contributed by atoms with Crippen molar-refractivity contribution in [1.29, 1.82) is 0 Å². The first-order valence-electron chi connectivity index (χ1n) is 15.1. The van der Waals surface area contributed by atoms with Crippen LogP contribution in [0.4, 0.5) is 0 Å². The molecular formula is C28H54NO10P. The molecule has 0 aliphatic heterocycles. The summed E-state index contributed by atoms with van der Waals surface area (Å²) in [6.07, 6.45) is 16.5. The lowest BCUT2D eigenvalue weighted by molar-refractivity contribution is -0.161. The predicted molar refractivity (Wildman–Crippen MR) is 153 cm³/mol. The Kier molecular flexibility index (Phi) is 24.3.